The molecule has 100 valence electrons. The summed E-state index contributed by atoms with van der Waals surface area (Å²) in [4.78, 5) is 15.8. The summed E-state index contributed by atoms with van der Waals surface area (Å²) in [7, 11) is 0. The van der Waals surface area contributed by atoms with Crippen LogP contribution in [0.1, 0.15) is 42.2 Å². The molecule has 1 heterocycles. The van der Waals surface area contributed by atoms with Gasteiger partial charge in [-0.25, -0.2) is 4.98 Å². The highest BCUT2D eigenvalue weighted by Gasteiger charge is 2.10. The SMILES string of the molecule is CCC(C)c1ccc(NC(=O)c2csc(N)n2)cc1. The second-order valence-electron chi connectivity index (χ2n) is 4.46. The zero-order chi connectivity index (χ0) is 13.8. The smallest absolute Gasteiger partial charge is 0.275 e. The molecular weight excluding hydrogens is 258 g/mol. The highest BCUT2D eigenvalue weighted by atomic mass is 32.1. The van der Waals surface area contributed by atoms with Gasteiger partial charge >= 0.3 is 0 Å². The number of rotatable bonds is 4. The van der Waals surface area contributed by atoms with Crippen LogP contribution in [0.15, 0.2) is 29.6 Å². The molecular formula is C14H17N3OS. The van der Waals surface area contributed by atoms with Gasteiger partial charge in [0.15, 0.2) is 5.13 Å². The maximum atomic E-state index is 11.9. The Kier molecular flexibility index (Phi) is 4.16. The van der Waals surface area contributed by atoms with Crippen LogP contribution in [0.4, 0.5) is 10.8 Å². The Labute approximate surface area is 116 Å². The van der Waals surface area contributed by atoms with Crippen LogP contribution in [0.25, 0.3) is 0 Å². The summed E-state index contributed by atoms with van der Waals surface area (Å²) in [6.45, 7) is 4.35. The van der Waals surface area contributed by atoms with E-state index in [1.165, 1.54) is 16.9 Å². The number of carbonyl (C=O) groups excluding carboxylic acids is 1. The molecule has 0 saturated heterocycles. The van der Waals surface area contributed by atoms with Crippen LogP contribution in [0.5, 0.6) is 0 Å². The van der Waals surface area contributed by atoms with Crippen molar-refractivity contribution in [2.75, 3.05) is 11.1 Å². The third-order valence-corrected chi connectivity index (χ3v) is 3.78. The third kappa shape index (κ3) is 3.32. The van der Waals surface area contributed by atoms with Gasteiger partial charge in [0.2, 0.25) is 0 Å². The molecule has 4 nitrogen and oxygen atoms in total. The molecule has 0 aliphatic rings. The average molecular weight is 275 g/mol. The normalized spacial score (nSPS) is 12.1. The van der Waals surface area contributed by atoms with E-state index in [1.54, 1.807) is 5.38 Å². The first-order valence-electron chi connectivity index (χ1n) is 6.22. The van der Waals surface area contributed by atoms with Crippen molar-refractivity contribution >= 4 is 28.1 Å². The summed E-state index contributed by atoms with van der Waals surface area (Å²) >= 11 is 1.26. The maximum Gasteiger partial charge on any atom is 0.275 e. The van der Waals surface area contributed by atoms with Crippen molar-refractivity contribution in [3.8, 4) is 0 Å². The summed E-state index contributed by atoms with van der Waals surface area (Å²) in [6.07, 6.45) is 1.10. The molecule has 0 fully saturated rings. The van der Waals surface area contributed by atoms with Gasteiger partial charge in [-0.15, -0.1) is 11.3 Å². The van der Waals surface area contributed by atoms with Gasteiger partial charge in [0, 0.05) is 11.1 Å². The van der Waals surface area contributed by atoms with E-state index in [0.29, 0.717) is 16.7 Å². The van der Waals surface area contributed by atoms with Crippen LogP contribution in [0, 0.1) is 0 Å². The van der Waals surface area contributed by atoms with Gasteiger partial charge in [0.1, 0.15) is 5.69 Å². The number of aromatic nitrogens is 1. The van der Waals surface area contributed by atoms with E-state index < -0.39 is 0 Å². The molecule has 3 N–H and O–H groups in total. The van der Waals surface area contributed by atoms with Crippen molar-refractivity contribution in [2.45, 2.75) is 26.2 Å². The zero-order valence-corrected chi connectivity index (χ0v) is 11.8. The molecule has 2 rings (SSSR count). The van der Waals surface area contributed by atoms with Gasteiger partial charge in [-0.1, -0.05) is 26.0 Å². The number of anilines is 2. The standard InChI is InChI=1S/C14H17N3OS/c1-3-9(2)10-4-6-11(7-5-10)16-13(18)12-8-19-14(15)17-12/h4-9H,3H2,1-2H3,(H2,15,17)(H,16,18). The highest BCUT2D eigenvalue weighted by molar-refractivity contribution is 7.13. The van der Waals surface area contributed by atoms with Crippen LogP contribution in [-0.2, 0) is 0 Å². The third-order valence-electron chi connectivity index (χ3n) is 3.10. The monoisotopic (exact) mass is 275 g/mol. The Morgan fingerprint density at radius 2 is 2.11 bits per heavy atom. The fraction of sp³-hybridized carbons (Fsp3) is 0.286. The second kappa shape index (κ2) is 5.84. The maximum absolute atomic E-state index is 11.9. The molecule has 19 heavy (non-hydrogen) atoms. The van der Waals surface area contributed by atoms with Gasteiger partial charge in [0.25, 0.3) is 5.91 Å². The van der Waals surface area contributed by atoms with Crippen molar-refractivity contribution in [2.24, 2.45) is 0 Å². The van der Waals surface area contributed by atoms with E-state index in [2.05, 4.69) is 24.1 Å². The van der Waals surface area contributed by atoms with Crippen molar-refractivity contribution in [3.05, 3.63) is 40.9 Å². The molecule has 1 aromatic carbocycles. The Morgan fingerprint density at radius 3 is 2.63 bits per heavy atom. The Hall–Kier alpha value is -1.88. The predicted molar refractivity (Wildman–Crippen MR) is 79.6 cm³/mol. The summed E-state index contributed by atoms with van der Waals surface area (Å²) in [5.41, 5.74) is 7.90. The number of nitrogens with one attached hydrogen (secondary N) is 1. The van der Waals surface area contributed by atoms with Gasteiger partial charge in [-0.2, -0.15) is 0 Å². The predicted octanol–water partition coefficient (Wildman–Crippen LogP) is 3.49. The number of hydrogen-bond acceptors (Lipinski definition) is 4. The summed E-state index contributed by atoms with van der Waals surface area (Å²) < 4.78 is 0. The molecule has 5 heteroatoms. The molecule has 1 unspecified atom stereocenters. The minimum atomic E-state index is -0.232. The number of nitrogens with two attached hydrogens (primary N) is 1. The zero-order valence-electron chi connectivity index (χ0n) is 11.0. The largest absolute Gasteiger partial charge is 0.375 e. The number of benzene rings is 1. The lowest BCUT2D eigenvalue weighted by Gasteiger charge is -2.10. The number of hydrogen-bond donors (Lipinski definition) is 2. The molecule has 1 amide bonds. The minimum absolute atomic E-state index is 0.232. The quantitative estimate of drug-likeness (QED) is 0.897. The van der Waals surface area contributed by atoms with E-state index in [-0.39, 0.29) is 5.91 Å². The molecule has 1 aromatic heterocycles. The number of carbonyl (C=O) groups is 1. The fourth-order valence-corrected chi connectivity index (χ4v) is 2.26. The number of nitrogen functional groups attached to an aromatic ring is 1. The second-order valence-corrected chi connectivity index (χ2v) is 5.35. The average Bonchev–Trinajstić information content (AvgIpc) is 2.85. The van der Waals surface area contributed by atoms with E-state index in [0.717, 1.165) is 12.1 Å². The topological polar surface area (TPSA) is 68.0 Å². The Morgan fingerprint density at radius 1 is 1.42 bits per heavy atom. The molecule has 0 aliphatic carbocycles. The molecule has 0 bridgehead atoms. The first-order valence-corrected chi connectivity index (χ1v) is 7.10. The first kappa shape index (κ1) is 13.5. The molecule has 0 saturated carbocycles. The van der Waals surface area contributed by atoms with Crippen molar-refractivity contribution < 1.29 is 4.79 Å². The lowest BCUT2D eigenvalue weighted by molar-refractivity contribution is 0.102. The van der Waals surface area contributed by atoms with Gasteiger partial charge in [0.05, 0.1) is 0 Å². The van der Waals surface area contributed by atoms with E-state index >= 15 is 0 Å². The fourth-order valence-electron chi connectivity index (χ4n) is 1.72. The Balaban J connectivity index is 2.05. The Bertz CT molecular complexity index is 562. The van der Waals surface area contributed by atoms with Crippen molar-refractivity contribution in [3.63, 3.8) is 0 Å². The molecule has 0 radical (unpaired) electrons. The van der Waals surface area contributed by atoms with Crippen molar-refractivity contribution in [1.82, 2.24) is 4.98 Å². The molecule has 1 atom stereocenters. The van der Waals surface area contributed by atoms with Gasteiger partial charge < -0.3 is 11.1 Å². The molecule has 0 aliphatic heterocycles. The van der Waals surface area contributed by atoms with Crippen LogP contribution in [0.2, 0.25) is 0 Å². The van der Waals surface area contributed by atoms with Crippen LogP contribution >= 0.6 is 11.3 Å². The minimum Gasteiger partial charge on any atom is -0.375 e. The molecule has 2 aromatic rings. The van der Waals surface area contributed by atoms with Gasteiger partial charge in [-0.3, -0.25) is 4.79 Å². The van der Waals surface area contributed by atoms with Crippen LogP contribution in [-0.4, -0.2) is 10.9 Å². The lowest BCUT2D eigenvalue weighted by atomic mass is 9.99. The van der Waals surface area contributed by atoms with Crippen LogP contribution < -0.4 is 11.1 Å². The lowest BCUT2D eigenvalue weighted by Crippen LogP contribution is -2.12. The van der Waals surface area contributed by atoms with Crippen molar-refractivity contribution in [1.29, 1.82) is 0 Å². The number of nitrogens with zero attached hydrogens (tertiary/aromatic N) is 1. The van der Waals surface area contributed by atoms with Crippen LogP contribution in [0.3, 0.4) is 0 Å². The van der Waals surface area contributed by atoms with Gasteiger partial charge in [-0.05, 0) is 30.0 Å². The highest BCUT2D eigenvalue weighted by Crippen LogP contribution is 2.21. The van der Waals surface area contributed by atoms with E-state index in [4.69, 9.17) is 5.73 Å². The summed E-state index contributed by atoms with van der Waals surface area (Å²) in [5.74, 6) is 0.298. The summed E-state index contributed by atoms with van der Waals surface area (Å²) in [5, 5.41) is 4.86. The van der Waals surface area contributed by atoms with E-state index in [1.807, 2.05) is 24.3 Å². The van der Waals surface area contributed by atoms with E-state index in [9.17, 15) is 4.79 Å². The summed E-state index contributed by atoms with van der Waals surface area (Å²) in [6, 6.07) is 7.91. The number of thiazole rings is 1. The number of amides is 1. The first-order chi connectivity index (χ1) is 9.10. The molecule has 0 spiro atoms.